The number of aliphatic hydroxyl groups excluding tert-OH is 1. The van der Waals surface area contributed by atoms with Crippen LogP contribution in [0.4, 0.5) is 0 Å². The van der Waals surface area contributed by atoms with Crippen molar-refractivity contribution in [3.63, 3.8) is 0 Å². The highest BCUT2D eigenvalue weighted by Crippen LogP contribution is 2.24. The highest BCUT2D eigenvalue weighted by molar-refractivity contribution is 5.83. The van der Waals surface area contributed by atoms with Crippen LogP contribution in [0.2, 0.25) is 0 Å². The third kappa shape index (κ3) is 3.75. The Morgan fingerprint density at radius 3 is 3.09 bits per heavy atom. The number of carbonyl (C=O) groups excluding carboxylic acids is 1. The number of aliphatic hydroxyl groups is 1. The number of benzene rings is 1. The zero-order chi connectivity index (χ0) is 16.2. The average molecular weight is 314 g/mol. The Balaban J connectivity index is 1.53. The van der Waals surface area contributed by atoms with Gasteiger partial charge in [-0.05, 0) is 50.7 Å². The largest absolute Gasteiger partial charge is 0.393 e. The Bertz CT molecular complexity index is 662. The number of nitrogens with zero attached hydrogens (tertiary/aromatic N) is 1. The number of carbonyl (C=O) groups is 1. The first-order valence-corrected chi connectivity index (χ1v) is 8.67. The van der Waals surface area contributed by atoms with Gasteiger partial charge in [0.2, 0.25) is 5.91 Å². The van der Waals surface area contributed by atoms with Gasteiger partial charge in [0.15, 0.2) is 0 Å². The molecule has 124 valence electrons. The first kappa shape index (κ1) is 16.1. The molecular formula is C19H26N2O2. The molecule has 1 saturated heterocycles. The molecule has 2 atom stereocenters. The van der Waals surface area contributed by atoms with E-state index in [2.05, 4.69) is 29.4 Å². The van der Waals surface area contributed by atoms with Gasteiger partial charge in [0, 0.05) is 36.1 Å². The van der Waals surface area contributed by atoms with Crippen molar-refractivity contribution in [2.45, 2.75) is 57.6 Å². The fourth-order valence-corrected chi connectivity index (χ4v) is 3.71. The standard InChI is InChI=1S/C19H26N2O2/c1-14(22)12-16-7-5-11-21(16)19(23)10-4-6-15-13-20-18-9-3-2-8-17(15)18/h2-3,8-9,13-14,16,20,22H,4-7,10-12H2,1H3. The van der Waals surface area contributed by atoms with E-state index in [4.69, 9.17) is 0 Å². The van der Waals surface area contributed by atoms with Crippen LogP contribution in [-0.2, 0) is 11.2 Å². The molecule has 1 aliphatic rings. The molecule has 0 saturated carbocycles. The molecule has 1 fully saturated rings. The van der Waals surface area contributed by atoms with Crippen molar-refractivity contribution >= 4 is 16.8 Å². The zero-order valence-corrected chi connectivity index (χ0v) is 13.8. The lowest BCUT2D eigenvalue weighted by molar-refractivity contribution is -0.132. The van der Waals surface area contributed by atoms with Crippen LogP contribution in [0.3, 0.4) is 0 Å². The molecule has 4 heteroatoms. The van der Waals surface area contributed by atoms with Crippen molar-refractivity contribution < 1.29 is 9.90 Å². The van der Waals surface area contributed by atoms with E-state index in [9.17, 15) is 9.90 Å². The molecule has 1 aliphatic heterocycles. The topological polar surface area (TPSA) is 56.3 Å². The van der Waals surface area contributed by atoms with Gasteiger partial charge in [0.1, 0.15) is 0 Å². The zero-order valence-electron chi connectivity index (χ0n) is 13.8. The molecular weight excluding hydrogens is 288 g/mol. The lowest BCUT2D eigenvalue weighted by Gasteiger charge is -2.25. The predicted molar refractivity (Wildman–Crippen MR) is 92.3 cm³/mol. The number of aromatic nitrogens is 1. The summed E-state index contributed by atoms with van der Waals surface area (Å²) in [6.45, 7) is 2.65. The minimum Gasteiger partial charge on any atom is -0.393 e. The van der Waals surface area contributed by atoms with Crippen LogP contribution >= 0.6 is 0 Å². The summed E-state index contributed by atoms with van der Waals surface area (Å²) in [5, 5.41) is 10.8. The van der Waals surface area contributed by atoms with Crippen LogP contribution in [0.1, 0.15) is 44.6 Å². The summed E-state index contributed by atoms with van der Waals surface area (Å²) >= 11 is 0. The summed E-state index contributed by atoms with van der Waals surface area (Å²) < 4.78 is 0. The number of aryl methyl sites for hydroxylation is 1. The maximum Gasteiger partial charge on any atom is 0.222 e. The molecule has 3 rings (SSSR count). The third-order valence-electron chi connectivity index (χ3n) is 4.82. The van der Waals surface area contributed by atoms with Gasteiger partial charge < -0.3 is 15.0 Å². The first-order chi connectivity index (χ1) is 11.1. The highest BCUT2D eigenvalue weighted by atomic mass is 16.3. The Morgan fingerprint density at radius 2 is 2.26 bits per heavy atom. The van der Waals surface area contributed by atoms with E-state index in [1.54, 1.807) is 6.92 Å². The molecule has 0 radical (unpaired) electrons. The summed E-state index contributed by atoms with van der Waals surface area (Å²) in [5.41, 5.74) is 2.45. The minimum absolute atomic E-state index is 0.232. The molecule has 2 heterocycles. The van der Waals surface area contributed by atoms with Crippen molar-refractivity contribution in [2.75, 3.05) is 6.54 Å². The molecule has 2 aromatic rings. The summed E-state index contributed by atoms with van der Waals surface area (Å²) in [6.07, 6.45) is 6.90. The Kier molecular flexibility index (Phi) is 5.01. The van der Waals surface area contributed by atoms with Gasteiger partial charge in [-0.15, -0.1) is 0 Å². The summed E-state index contributed by atoms with van der Waals surface area (Å²) in [7, 11) is 0. The number of fused-ring (bicyclic) bond motifs is 1. The normalized spacial score (nSPS) is 19.4. The molecule has 4 nitrogen and oxygen atoms in total. The third-order valence-corrected chi connectivity index (χ3v) is 4.82. The Labute approximate surface area is 137 Å². The van der Waals surface area contributed by atoms with E-state index < -0.39 is 0 Å². The molecule has 1 amide bonds. The van der Waals surface area contributed by atoms with Crippen LogP contribution in [0.25, 0.3) is 10.9 Å². The van der Waals surface area contributed by atoms with Crippen LogP contribution in [0.5, 0.6) is 0 Å². The smallest absolute Gasteiger partial charge is 0.222 e. The van der Waals surface area contributed by atoms with Crippen molar-refractivity contribution in [3.8, 4) is 0 Å². The van der Waals surface area contributed by atoms with Crippen LogP contribution in [-0.4, -0.2) is 39.6 Å². The quantitative estimate of drug-likeness (QED) is 0.860. The van der Waals surface area contributed by atoms with Gasteiger partial charge >= 0.3 is 0 Å². The average Bonchev–Trinajstić information content (AvgIpc) is 3.14. The lowest BCUT2D eigenvalue weighted by Crippen LogP contribution is -2.37. The lowest BCUT2D eigenvalue weighted by atomic mass is 10.1. The van der Waals surface area contributed by atoms with Gasteiger partial charge in [-0.25, -0.2) is 0 Å². The minimum atomic E-state index is -0.334. The maximum absolute atomic E-state index is 12.5. The number of hydrogen-bond acceptors (Lipinski definition) is 2. The molecule has 23 heavy (non-hydrogen) atoms. The molecule has 2 N–H and O–H groups in total. The van der Waals surface area contributed by atoms with E-state index >= 15 is 0 Å². The van der Waals surface area contributed by atoms with Gasteiger partial charge in [-0.2, -0.15) is 0 Å². The fraction of sp³-hybridized carbons (Fsp3) is 0.526. The van der Waals surface area contributed by atoms with Gasteiger partial charge in [0.25, 0.3) is 0 Å². The molecule has 1 aromatic heterocycles. The van der Waals surface area contributed by atoms with Crippen molar-refractivity contribution in [1.29, 1.82) is 0 Å². The number of aromatic amines is 1. The number of hydrogen-bond donors (Lipinski definition) is 2. The van der Waals surface area contributed by atoms with Crippen molar-refractivity contribution in [1.82, 2.24) is 9.88 Å². The monoisotopic (exact) mass is 314 g/mol. The second kappa shape index (κ2) is 7.18. The van der Waals surface area contributed by atoms with E-state index in [0.717, 1.165) is 37.7 Å². The summed E-state index contributed by atoms with van der Waals surface area (Å²) in [5.74, 6) is 0.244. The second-order valence-corrected chi connectivity index (χ2v) is 6.68. The van der Waals surface area contributed by atoms with E-state index in [1.807, 2.05) is 11.0 Å². The summed E-state index contributed by atoms with van der Waals surface area (Å²) in [4.78, 5) is 17.7. The number of amides is 1. The van der Waals surface area contributed by atoms with Gasteiger partial charge in [-0.3, -0.25) is 4.79 Å². The first-order valence-electron chi connectivity index (χ1n) is 8.67. The number of likely N-dealkylation sites (tertiary alicyclic amines) is 1. The fourth-order valence-electron chi connectivity index (χ4n) is 3.71. The SMILES string of the molecule is CC(O)CC1CCCN1C(=O)CCCc1c[nH]c2ccccc12. The van der Waals surface area contributed by atoms with Crippen LogP contribution in [0, 0.1) is 0 Å². The second-order valence-electron chi connectivity index (χ2n) is 6.68. The number of H-pyrrole nitrogens is 1. The number of nitrogens with one attached hydrogen (secondary N) is 1. The van der Waals surface area contributed by atoms with Gasteiger partial charge in [-0.1, -0.05) is 18.2 Å². The molecule has 0 bridgehead atoms. The van der Waals surface area contributed by atoms with E-state index in [1.165, 1.54) is 10.9 Å². The predicted octanol–water partition coefficient (Wildman–Crippen LogP) is 3.25. The molecule has 0 aliphatic carbocycles. The Hall–Kier alpha value is -1.81. The van der Waals surface area contributed by atoms with Crippen LogP contribution < -0.4 is 0 Å². The molecule has 2 unspecified atom stereocenters. The summed E-state index contributed by atoms with van der Waals surface area (Å²) in [6, 6.07) is 8.52. The van der Waals surface area contributed by atoms with Crippen molar-refractivity contribution in [3.05, 3.63) is 36.0 Å². The van der Waals surface area contributed by atoms with Crippen molar-refractivity contribution in [2.24, 2.45) is 0 Å². The maximum atomic E-state index is 12.5. The Morgan fingerprint density at radius 1 is 1.43 bits per heavy atom. The van der Waals surface area contributed by atoms with Crippen LogP contribution in [0.15, 0.2) is 30.5 Å². The van der Waals surface area contributed by atoms with E-state index in [0.29, 0.717) is 12.8 Å². The molecule has 0 spiro atoms. The number of para-hydroxylation sites is 1. The highest BCUT2D eigenvalue weighted by Gasteiger charge is 2.28. The van der Waals surface area contributed by atoms with E-state index in [-0.39, 0.29) is 18.1 Å². The molecule has 1 aromatic carbocycles. The number of rotatable bonds is 6. The van der Waals surface area contributed by atoms with Gasteiger partial charge in [0.05, 0.1) is 6.10 Å².